The van der Waals surface area contributed by atoms with Crippen molar-refractivity contribution >= 4 is 11.8 Å². The molecule has 0 saturated heterocycles. The second-order valence-corrected chi connectivity index (χ2v) is 7.35. The van der Waals surface area contributed by atoms with Gasteiger partial charge >= 0.3 is 0 Å². The van der Waals surface area contributed by atoms with E-state index in [0.29, 0.717) is 23.2 Å². The minimum atomic E-state index is -0.456. The number of rotatable bonds is 6. The standard InChI is InChI=1S/C26H21N5O2/c27-17-20-13-11-19(12-14-20)15-16-24(32)28-29-26(33)23-18-31(22-9-5-2-6-10-22)30-25(23)21-7-3-1-4-8-21/h1-14,18H,15-16H2,(H,28,32)(H,29,33). The van der Waals surface area contributed by atoms with Gasteiger partial charge < -0.3 is 0 Å². The van der Waals surface area contributed by atoms with Gasteiger partial charge in [0, 0.05) is 18.2 Å². The highest BCUT2D eigenvalue weighted by atomic mass is 16.2. The Labute approximate surface area is 191 Å². The summed E-state index contributed by atoms with van der Waals surface area (Å²) in [6.45, 7) is 0. The normalized spacial score (nSPS) is 10.3. The lowest BCUT2D eigenvalue weighted by Gasteiger charge is -2.08. The van der Waals surface area contributed by atoms with Crippen molar-refractivity contribution in [2.24, 2.45) is 0 Å². The van der Waals surface area contributed by atoms with Crippen LogP contribution in [0.1, 0.15) is 27.9 Å². The number of nitrogens with zero attached hydrogens (tertiary/aromatic N) is 3. The van der Waals surface area contributed by atoms with E-state index in [0.717, 1.165) is 16.8 Å². The Hall–Kier alpha value is -4.70. The van der Waals surface area contributed by atoms with Crippen LogP contribution in [0.5, 0.6) is 0 Å². The van der Waals surface area contributed by atoms with Crippen LogP contribution in [-0.2, 0) is 11.2 Å². The van der Waals surface area contributed by atoms with Gasteiger partial charge in [-0.25, -0.2) is 4.68 Å². The van der Waals surface area contributed by atoms with Crippen molar-refractivity contribution in [3.8, 4) is 23.0 Å². The third-order valence-corrected chi connectivity index (χ3v) is 5.07. The Bertz CT molecular complexity index is 1290. The number of hydrogen-bond acceptors (Lipinski definition) is 4. The fourth-order valence-electron chi connectivity index (χ4n) is 3.32. The third-order valence-electron chi connectivity index (χ3n) is 5.07. The Kier molecular flexibility index (Phi) is 6.57. The van der Waals surface area contributed by atoms with Crippen LogP contribution in [0.2, 0.25) is 0 Å². The van der Waals surface area contributed by atoms with Crippen molar-refractivity contribution in [3.05, 3.63) is 108 Å². The molecule has 0 radical (unpaired) electrons. The van der Waals surface area contributed by atoms with Gasteiger partial charge in [-0.2, -0.15) is 10.4 Å². The van der Waals surface area contributed by atoms with Gasteiger partial charge in [-0.1, -0.05) is 60.7 Å². The topological polar surface area (TPSA) is 99.8 Å². The number of carbonyl (C=O) groups is 2. The number of nitriles is 1. The smallest absolute Gasteiger partial charge is 0.273 e. The molecule has 1 heterocycles. The molecule has 7 nitrogen and oxygen atoms in total. The summed E-state index contributed by atoms with van der Waals surface area (Å²) in [5.41, 5.74) is 8.95. The molecular formula is C26H21N5O2. The summed E-state index contributed by atoms with van der Waals surface area (Å²) in [6, 6.07) is 28.0. The molecule has 3 aromatic carbocycles. The zero-order valence-corrected chi connectivity index (χ0v) is 17.7. The second kappa shape index (κ2) is 10.1. The van der Waals surface area contributed by atoms with E-state index in [1.54, 1.807) is 23.0 Å². The first-order valence-corrected chi connectivity index (χ1v) is 10.4. The number of amides is 2. The molecule has 2 N–H and O–H groups in total. The van der Waals surface area contributed by atoms with Crippen LogP contribution in [0.4, 0.5) is 0 Å². The van der Waals surface area contributed by atoms with Crippen LogP contribution in [-0.4, -0.2) is 21.6 Å². The predicted octanol–water partition coefficient (Wildman–Crippen LogP) is 3.80. The third kappa shape index (κ3) is 5.32. The maximum atomic E-state index is 12.9. The first-order valence-electron chi connectivity index (χ1n) is 10.4. The van der Waals surface area contributed by atoms with Gasteiger partial charge in [0.05, 0.1) is 22.9 Å². The summed E-state index contributed by atoms with van der Waals surface area (Å²) in [4.78, 5) is 25.2. The zero-order chi connectivity index (χ0) is 23.0. The second-order valence-electron chi connectivity index (χ2n) is 7.35. The number of aromatic nitrogens is 2. The molecule has 33 heavy (non-hydrogen) atoms. The Balaban J connectivity index is 1.45. The SMILES string of the molecule is N#Cc1ccc(CCC(=O)NNC(=O)c2cn(-c3ccccc3)nc2-c2ccccc2)cc1. The minimum Gasteiger partial charge on any atom is -0.273 e. The van der Waals surface area contributed by atoms with Crippen molar-refractivity contribution < 1.29 is 9.59 Å². The van der Waals surface area contributed by atoms with Crippen LogP contribution in [0.15, 0.2) is 91.1 Å². The van der Waals surface area contributed by atoms with E-state index >= 15 is 0 Å². The van der Waals surface area contributed by atoms with Gasteiger partial charge in [0.2, 0.25) is 5.91 Å². The summed E-state index contributed by atoms with van der Waals surface area (Å²) < 4.78 is 1.64. The van der Waals surface area contributed by atoms with Gasteiger partial charge in [0.1, 0.15) is 5.69 Å². The largest absolute Gasteiger partial charge is 0.273 e. The van der Waals surface area contributed by atoms with E-state index in [1.165, 1.54) is 0 Å². The van der Waals surface area contributed by atoms with E-state index in [1.807, 2.05) is 72.8 Å². The zero-order valence-electron chi connectivity index (χ0n) is 17.7. The molecule has 0 fully saturated rings. The van der Waals surface area contributed by atoms with E-state index in [9.17, 15) is 9.59 Å². The molecule has 0 atom stereocenters. The van der Waals surface area contributed by atoms with Gasteiger partial charge in [-0.15, -0.1) is 0 Å². The van der Waals surface area contributed by atoms with E-state index in [-0.39, 0.29) is 12.3 Å². The number of benzene rings is 3. The highest BCUT2D eigenvalue weighted by Gasteiger charge is 2.19. The van der Waals surface area contributed by atoms with Crippen molar-refractivity contribution in [2.75, 3.05) is 0 Å². The maximum Gasteiger partial charge on any atom is 0.273 e. The van der Waals surface area contributed by atoms with Crippen molar-refractivity contribution in [1.82, 2.24) is 20.6 Å². The first-order chi connectivity index (χ1) is 16.1. The van der Waals surface area contributed by atoms with Crippen LogP contribution >= 0.6 is 0 Å². The fraction of sp³-hybridized carbons (Fsp3) is 0.0769. The summed E-state index contributed by atoms with van der Waals surface area (Å²) in [7, 11) is 0. The Morgan fingerprint density at radius 1 is 0.879 bits per heavy atom. The average Bonchev–Trinajstić information content (AvgIpc) is 3.33. The van der Waals surface area contributed by atoms with Crippen LogP contribution in [0.3, 0.4) is 0 Å². The molecule has 0 aliphatic rings. The van der Waals surface area contributed by atoms with Gasteiger partial charge in [-0.3, -0.25) is 20.4 Å². The Morgan fingerprint density at radius 3 is 2.21 bits per heavy atom. The molecular weight excluding hydrogens is 414 g/mol. The Morgan fingerprint density at radius 2 is 1.55 bits per heavy atom. The lowest BCUT2D eigenvalue weighted by Crippen LogP contribution is -2.41. The van der Waals surface area contributed by atoms with Crippen molar-refractivity contribution in [2.45, 2.75) is 12.8 Å². The molecule has 162 valence electrons. The summed E-state index contributed by atoms with van der Waals surface area (Å²) in [6.07, 6.45) is 2.34. The highest BCUT2D eigenvalue weighted by Crippen LogP contribution is 2.23. The number of carbonyl (C=O) groups excluding carboxylic acids is 2. The van der Waals surface area contributed by atoms with Crippen LogP contribution in [0, 0.1) is 11.3 Å². The maximum absolute atomic E-state index is 12.9. The first kappa shape index (κ1) is 21.5. The molecule has 0 aliphatic carbocycles. The van der Waals surface area contributed by atoms with Crippen LogP contribution in [0.25, 0.3) is 16.9 Å². The minimum absolute atomic E-state index is 0.195. The molecule has 0 spiro atoms. The molecule has 1 aromatic heterocycles. The number of hydrazine groups is 1. The number of hydrogen-bond donors (Lipinski definition) is 2. The van der Waals surface area contributed by atoms with Gasteiger partial charge in [-0.05, 0) is 36.2 Å². The van der Waals surface area contributed by atoms with E-state index in [4.69, 9.17) is 5.26 Å². The molecule has 0 saturated carbocycles. The molecule has 0 unspecified atom stereocenters. The molecule has 0 bridgehead atoms. The van der Waals surface area contributed by atoms with Crippen molar-refractivity contribution in [1.29, 1.82) is 5.26 Å². The van der Waals surface area contributed by atoms with E-state index in [2.05, 4.69) is 22.0 Å². The van der Waals surface area contributed by atoms with Crippen molar-refractivity contribution in [3.63, 3.8) is 0 Å². The fourth-order valence-corrected chi connectivity index (χ4v) is 3.32. The molecule has 2 amide bonds. The lowest BCUT2D eigenvalue weighted by molar-refractivity contribution is -0.121. The molecule has 0 aliphatic heterocycles. The predicted molar refractivity (Wildman–Crippen MR) is 124 cm³/mol. The summed E-state index contributed by atoms with van der Waals surface area (Å²) >= 11 is 0. The highest BCUT2D eigenvalue weighted by molar-refractivity contribution is 6.00. The lowest BCUT2D eigenvalue weighted by atomic mass is 10.1. The van der Waals surface area contributed by atoms with Gasteiger partial charge in [0.15, 0.2) is 0 Å². The number of aryl methyl sites for hydroxylation is 1. The summed E-state index contributed by atoms with van der Waals surface area (Å²) in [5.74, 6) is -0.771. The monoisotopic (exact) mass is 435 g/mol. The molecule has 7 heteroatoms. The van der Waals surface area contributed by atoms with Gasteiger partial charge in [0.25, 0.3) is 5.91 Å². The quantitative estimate of drug-likeness (QED) is 0.450. The molecule has 4 aromatic rings. The number of nitrogens with one attached hydrogen (secondary N) is 2. The average molecular weight is 435 g/mol. The number of para-hydroxylation sites is 1. The van der Waals surface area contributed by atoms with Crippen LogP contribution < -0.4 is 10.9 Å². The van der Waals surface area contributed by atoms with E-state index < -0.39 is 5.91 Å². The molecule has 4 rings (SSSR count). The summed E-state index contributed by atoms with van der Waals surface area (Å²) in [5, 5.41) is 13.5.